The highest BCUT2D eigenvalue weighted by atomic mass is 35.5. The van der Waals surface area contributed by atoms with Crippen molar-refractivity contribution in [2.24, 2.45) is 0 Å². The van der Waals surface area contributed by atoms with E-state index in [1.165, 1.54) is 0 Å². The summed E-state index contributed by atoms with van der Waals surface area (Å²) in [5.41, 5.74) is 7.77. The molecule has 0 amide bonds. The van der Waals surface area contributed by atoms with Gasteiger partial charge in [-0.1, -0.05) is 35.9 Å². The summed E-state index contributed by atoms with van der Waals surface area (Å²) in [6, 6.07) is 9.31. The van der Waals surface area contributed by atoms with E-state index in [-0.39, 0.29) is 17.1 Å². The molecule has 2 atom stereocenters. The third kappa shape index (κ3) is 2.34. The Balaban J connectivity index is 1.91. The Morgan fingerprint density at radius 2 is 2.11 bits per heavy atom. The third-order valence-corrected chi connectivity index (χ3v) is 3.41. The molecule has 0 radical (unpaired) electrons. The number of benzene rings is 1. The zero-order valence-electron chi connectivity index (χ0n) is 10.0. The second-order valence-electron chi connectivity index (χ2n) is 4.53. The maximum Gasteiger partial charge on any atom is 0.223 e. The lowest BCUT2D eigenvalue weighted by atomic mass is 10.1. The zero-order valence-corrected chi connectivity index (χ0v) is 10.8. The second-order valence-corrected chi connectivity index (χ2v) is 4.91. The average molecular weight is 277 g/mol. The van der Waals surface area contributed by atoms with E-state index in [1.54, 1.807) is 6.07 Å². The van der Waals surface area contributed by atoms with Crippen molar-refractivity contribution in [2.45, 2.75) is 18.6 Å². The number of nitrogens with zero attached hydrogens (tertiary/aromatic N) is 2. The highest BCUT2D eigenvalue weighted by Crippen LogP contribution is 2.33. The Bertz CT molecular complexity index is 599. The number of aliphatic hydroxyl groups excluding tert-OH is 1. The number of fused-ring (bicyclic) bond motifs is 1. The molecule has 1 aliphatic carbocycles. The van der Waals surface area contributed by atoms with Crippen molar-refractivity contribution in [3.8, 4) is 0 Å². The number of nitrogen functional groups attached to an aromatic ring is 1. The molecule has 0 unspecified atom stereocenters. The molecule has 1 aromatic carbocycles. The number of rotatable bonds is 2. The predicted molar refractivity (Wildman–Crippen MR) is 74.0 cm³/mol. The summed E-state index contributed by atoms with van der Waals surface area (Å²) in [7, 11) is 0. The summed E-state index contributed by atoms with van der Waals surface area (Å²) in [5, 5.41) is 13.6. The van der Waals surface area contributed by atoms with Gasteiger partial charge in [-0.15, -0.1) is 0 Å². The van der Waals surface area contributed by atoms with Gasteiger partial charge in [0.25, 0.3) is 0 Å². The first-order valence-corrected chi connectivity index (χ1v) is 6.34. The van der Waals surface area contributed by atoms with Crippen LogP contribution < -0.4 is 11.1 Å². The van der Waals surface area contributed by atoms with Gasteiger partial charge in [0.2, 0.25) is 5.95 Å². The molecule has 0 saturated carbocycles. The van der Waals surface area contributed by atoms with Crippen LogP contribution in [0.25, 0.3) is 0 Å². The van der Waals surface area contributed by atoms with Crippen molar-refractivity contribution in [3.63, 3.8) is 0 Å². The van der Waals surface area contributed by atoms with Crippen molar-refractivity contribution in [1.82, 2.24) is 9.97 Å². The lowest BCUT2D eigenvalue weighted by molar-refractivity contribution is 0.165. The molecule has 0 aliphatic heterocycles. The van der Waals surface area contributed by atoms with E-state index < -0.39 is 6.10 Å². The highest BCUT2D eigenvalue weighted by molar-refractivity contribution is 6.29. The molecule has 0 spiro atoms. The van der Waals surface area contributed by atoms with Crippen LogP contribution in [0.3, 0.4) is 0 Å². The molecule has 98 valence electrons. The molecule has 6 heteroatoms. The van der Waals surface area contributed by atoms with Crippen LogP contribution in [0.2, 0.25) is 5.15 Å². The van der Waals surface area contributed by atoms with E-state index in [9.17, 15) is 5.11 Å². The van der Waals surface area contributed by atoms with Crippen LogP contribution in [0, 0.1) is 0 Å². The molecule has 1 heterocycles. The van der Waals surface area contributed by atoms with Crippen molar-refractivity contribution in [3.05, 3.63) is 46.6 Å². The highest BCUT2D eigenvalue weighted by Gasteiger charge is 2.30. The van der Waals surface area contributed by atoms with E-state index in [4.69, 9.17) is 17.3 Å². The summed E-state index contributed by atoms with van der Waals surface area (Å²) in [6.07, 6.45) is 0.134. The smallest absolute Gasteiger partial charge is 0.223 e. The minimum atomic E-state index is -0.493. The number of hydrogen-bond donors (Lipinski definition) is 3. The van der Waals surface area contributed by atoms with E-state index in [0.717, 1.165) is 11.1 Å². The fraction of sp³-hybridized carbons (Fsp3) is 0.231. The largest absolute Gasteiger partial charge is 0.390 e. The lowest BCUT2D eigenvalue weighted by Gasteiger charge is -2.18. The van der Waals surface area contributed by atoms with Crippen molar-refractivity contribution in [2.75, 3.05) is 11.1 Å². The number of hydrogen-bond acceptors (Lipinski definition) is 5. The number of nitrogens with two attached hydrogens (primary N) is 1. The molecular formula is C13H13ClN4O. The van der Waals surface area contributed by atoms with Gasteiger partial charge < -0.3 is 16.2 Å². The molecule has 0 fully saturated rings. The Morgan fingerprint density at radius 1 is 1.32 bits per heavy atom. The molecule has 1 aliphatic rings. The minimum absolute atomic E-state index is 0.107. The molecule has 3 rings (SSSR count). The standard InChI is InChI=1S/C13H13ClN4O/c14-10-6-11(18-13(15)16-10)17-12-8-4-2-1-3-7(8)5-9(12)19/h1-4,6,9,12,19H,5H2,(H3,15,16,17,18)/t9-,12+/m0/s1. The Hall–Kier alpha value is -1.85. The topological polar surface area (TPSA) is 84.1 Å². The third-order valence-electron chi connectivity index (χ3n) is 3.22. The summed E-state index contributed by atoms with van der Waals surface area (Å²) in [5.74, 6) is 0.619. The molecule has 0 saturated heterocycles. The van der Waals surface area contributed by atoms with Crippen LogP contribution >= 0.6 is 11.6 Å². The quantitative estimate of drug-likeness (QED) is 0.728. The van der Waals surface area contributed by atoms with Gasteiger partial charge in [0.05, 0.1) is 12.1 Å². The van der Waals surface area contributed by atoms with Gasteiger partial charge in [0, 0.05) is 12.5 Å². The van der Waals surface area contributed by atoms with Crippen LogP contribution in [0.15, 0.2) is 30.3 Å². The first-order chi connectivity index (χ1) is 9.13. The Morgan fingerprint density at radius 3 is 2.89 bits per heavy atom. The van der Waals surface area contributed by atoms with Gasteiger partial charge in [-0.05, 0) is 11.1 Å². The van der Waals surface area contributed by atoms with Crippen LogP contribution in [-0.2, 0) is 6.42 Å². The van der Waals surface area contributed by atoms with Crippen LogP contribution in [0.4, 0.5) is 11.8 Å². The fourth-order valence-corrected chi connectivity index (χ4v) is 2.61. The van der Waals surface area contributed by atoms with Gasteiger partial charge in [-0.2, -0.15) is 4.98 Å². The number of nitrogens with one attached hydrogen (secondary N) is 1. The molecular weight excluding hydrogens is 264 g/mol. The van der Waals surface area contributed by atoms with Gasteiger partial charge in [-0.3, -0.25) is 0 Å². The van der Waals surface area contributed by atoms with Gasteiger partial charge in [0.1, 0.15) is 11.0 Å². The second kappa shape index (κ2) is 4.68. The first kappa shape index (κ1) is 12.2. The Labute approximate surface area is 115 Å². The molecule has 19 heavy (non-hydrogen) atoms. The van der Waals surface area contributed by atoms with E-state index in [2.05, 4.69) is 15.3 Å². The Kier molecular flexibility index (Phi) is 3.00. The summed E-state index contributed by atoms with van der Waals surface area (Å²) < 4.78 is 0. The maximum atomic E-state index is 10.1. The molecule has 1 aromatic heterocycles. The average Bonchev–Trinajstić information content (AvgIpc) is 2.65. The lowest BCUT2D eigenvalue weighted by Crippen LogP contribution is -2.22. The van der Waals surface area contributed by atoms with Gasteiger partial charge >= 0.3 is 0 Å². The number of halogens is 1. The minimum Gasteiger partial charge on any atom is -0.390 e. The van der Waals surface area contributed by atoms with Crippen molar-refractivity contribution >= 4 is 23.4 Å². The van der Waals surface area contributed by atoms with Crippen molar-refractivity contribution < 1.29 is 5.11 Å². The van der Waals surface area contributed by atoms with Crippen LogP contribution in [0.5, 0.6) is 0 Å². The van der Waals surface area contributed by atoms with E-state index in [1.807, 2.05) is 24.3 Å². The summed E-state index contributed by atoms with van der Waals surface area (Å²) in [6.45, 7) is 0. The SMILES string of the molecule is Nc1nc(Cl)cc(N[C@@H]2c3ccccc3C[C@@H]2O)n1. The van der Waals surface area contributed by atoms with Gasteiger partial charge in [0.15, 0.2) is 0 Å². The monoisotopic (exact) mass is 276 g/mol. The van der Waals surface area contributed by atoms with Gasteiger partial charge in [-0.25, -0.2) is 4.98 Å². The number of aromatic nitrogens is 2. The maximum absolute atomic E-state index is 10.1. The summed E-state index contributed by atoms with van der Waals surface area (Å²) >= 11 is 5.84. The summed E-state index contributed by atoms with van der Waals surface area (Å²) in [4.78, 5) is 7.87. The molecule has 4 N–H and O–H groups in total. The van der Waals surface area contributed by atoms with E-state index in [0.29, 0.717) is 12.2 Å². The van der Waals surface area contributed by atoms with E-state index >= 15 is 0 Å². The normalized spacial score (nSPS) is 21.2. The fourth-order valence-electron chi connectivity index (χ4n) is 2.42. The zero-order chi connectivity index (χ0) is 13.4. The number of anilines is 2. The predicted octanol–water partition coefficient (Wildman–Crippen LogP) is 1.78. The molecule has 2 aromatic rings. The molecule has 0 bridgehead atoms. The molecule has 5 nitrogen and oxygen atoms in total. The van der Waals surface area contributed by atoms with Crippen LogP contribution in [0.1, 0.15) is 17.2 Å². The number of aliphatic hydroxyl groups is 1. The van der Waals surface area contributed by atoms with Crippen LogP contribution in [-0.4, -0.2) is 21.2 Å². The van der Waals surface area contributed by atoms with Crippen molar-refractivity contribution in [1.29, 1.82) is 0 Å². The first-order valence-electron chi connectivity index (χ1n) is 5.96.